The zero-order chi connectivity index (χ0) is 28.4. The van der Waals surface area contributed by atoms with E-state index in [4.69, 9.17) is 4.74 Å². The van der Waals surface area contributed by atoms with Crippen LogP contribution < -0.4 is 0 Å². The SMILES string of the molecule is CC(=O)OC1C[C@@]2(C)[C@H](CC(O)[C@H]3[C@@]4(C)CC[C@](O)(C(=O)O)C(C)C4CC[C@@]32C)C1=C(O)CCC=C(C)C. The maximum absolute atomic E-state index is 12.1. The number of hydrogen-bond donors (Lipinski definition) is 4. The van der Waals surface area contributed by atoms with Crippen LogP contribution in [0.25, 0.3) is 0 Å². The molecule has 4 aliphatic rings. The quantitative estimate of drug-likeness (QED) is 0.208. The van der Waals surface area contributed by atoms with Crippen molar-refractivity contribution in [2.75, 3.05) is 0 Å². The van der Waals surface area contributed by atoms with Crippen LogP contribution in [-0.4, -0.2) is 50.2 Å². The number of carbonyl (C=O) groups excluding carboxylic acids is 1. The maximum atomic E-state index is 12.1. The molecule has 0 heterocycles. The van der Waals surface area contributed by atoms with Gasteiger partial charge in [-0.1, -0.05) is 39.3 Å². The van der Waals surface area contributed by atoms with Gasteiger partial charge in [-0.2, -0.15) is 0 Å². The molecule has 7 heteroatoms. The van der Waals surface area contributed by atoms with Crippen LogP contribution in [0, 0.1) is 39.9 Å². The van der Waals surface area contributed by atoms with Crippen LogP contribution in [0.2, 0.25) is 0 Å². The van der Waals surface area contributed by atoms with E-state index in [1.807, 2.05) is 20.8 Å². The lowest BCUT2D eigenvalue weighted by molar-refractivity contribution is -0.247. The van der Waals surface area contributed by atoms with E-state index in [9.17, 15) is 30.0 Å². The van der Waals surface area contributed by atoms with Gasteiger partial charge in [0.1, 0.15) is 6.10 Å². The monoisotopic (exact) mass is 532 g/mol. The first-order valence-electron chi connectivity index (χ1n) is 14.4. The van der Waals surface area contributed by atoms with Crippen LogP contribution in [0.15, 0.2) is 23.0 Å². The number of hydrogen-bond acceptors (Lipinski definition) is 6. The zero-order valence-electron chi connectivity index (χ0n) is 24.2. The highest BCUT2D eigenvalue weighted by atomic mass is 16.5. The molecule has 4 rings (SSSR count). The summed E-state index contributed by atoms with van der Waals surface area (Å²) < 4.78 is 5.84. The lowest BCUT2D eigenvalue weighted by Crippen LogP contribution is -2.67. The second-order valence-corrected chi connectivity index (χ2v) is 13.9. The van der Waals surface area contributed by atoms with Crippen molar-refractivity contribution in [2.45, 2.75) is 118 Å². The van der Waals surface area contributed by atoms with Crippen LogP contribution in [0.3, 0.4) is 0 Å². The molecule has 0 spiro atoms. The number of fused-ring (bicyclic) bond motifs is 5. The molecule has 0 aromatic carbocycles. The number of carboxylic acid groups (broad SMARTS) is 1. The lowest BCUT2D eigenvalue weighted by Gasteiger charge is -2.69. The average molecular weight is 533 g/mol. The minimum atomic E-state index is -1.75. The van der Waals surface area contributed by atoms with Crippen molar-refractivity contribution < 1.29 is 34.8 Å². The van der Waals surface area contributed by atoms with E-state index in [-0.39, 0.29) is 52.1 Å². The first-order chi connectivity index (χ1) is 17.5. The third kappa shape index (κ3) is 4.14. The summed E-state index contributed by atoms with van der Waals surface area (Å²) in [4.78, 5) is 24.2. The van der Waals surface area contributed by atoms with Gasteiger partial charge in [-0.25, -0.2) is 4.79 Å². The van der Waals surface area contributed by atoms with Gasteiger partial charge in [0.15, 0.2) is 5.60 Å². The van der Waals surface area contributed by atoms with Crippen LogP contribution in [0.5, 0.6) is 0 Å². The van der Waals surface area contributed by atoms with Crippen molar-refractivity contribution in [2.24, 2.45) is 39.9 Å². The molecule has 0 amide bonds. The Labute approximate surface area is 227 Å². The third-order valence-electron chi connectivity index (χ3n) is 11.8. The molecular weight excluding hydrogens is 484 g/mol. The Morgan fingerprint density at radius 3 is 2.29 bits per heavy atom. The molecule has 0 aromatic rings. The highest BCUT2D eigenvalue weighted by Crippen LogP contribution is 2.74. The van der Waals surface area contributed by atoms with E-state index in [1.54, 1.807) is 0 Å². The number of aliphatic carboxylic acids is 1. The van der Waals surface area contributed by atoms with Gasteiger partial charge < -0.3 is 25.2 Å². The number of aliphatic hydroxyl groups is 3. The lowest BCUT2D eigenvalue weighted by atomic mass is 9.36. The molecule has 4 fully saturated rings. The minimum Gasteiger partial charge on any atom is -0.512 e. The molecule has 7 nitrogen and oxygen atoms in total. The van der Waals surface area contributed by atoms with Crippen molar-refractivity contribution in [3.63, 3.8) is 0 Å². The fraction of sp³-hybridized carbons (Fsp3) is 0.806. The minimum absolute atomic E-state index is 0.0246. The van der Waals surface area contributed by atoms with Gasteiger partial charge in [-0.05, 0) is 98.7 Å². The van der Waals surface area contributed by atoms with Gasteiger partial charge in [-0.3, -0.25) is 4.79 Å². The Bertz CT molecular complexity index is 1040. The molecule has 0 aliphatic heterocycles. The average Bonchev–Trinajstić information content (AvgIpc) is 3.07. The Morgan fingerprint density at radius 2 is 1.71 bits per heavy atom. The highest BCUT2D eigenvalue weighted by molar-refractivity contribution is 5.77. The van der Waals surface area contributed by atoms with Crippen molar-refractivity contribution in [3.05, 3.63) is 23.0 Å². The van der Waals surface area contributed by atoms with Gasteiger partial charge in [0, 0.05) is 18.9 Å². The van der Waals surface area contributed by atoms with Crippen LogP contribution in [0.4, 0.5) is 0 Å². The van der Waals surface area contributed by atoms with Gasteiger partial charge in [0.05, 0.1) is 11.9 Å². The predicted molar refractivity (Wildman–Crippen MR) is 144 cm³/mol. The molecule has 10 atom stereocenters. The van der Waals surface area contributed by atoms with Crippen molar-refractivity contribution >= 4 is 11.9 Å². The molecule has 0 radical (unpaired) electrons. The molecule has 4 N–H and O–H groups in total. The standard InChI is InChI=1S/C31H48O7/c1-17(2)9-8-10-22(33)25-21-15-23(34)26-28(5)13-14-31(37,27(35)36)18(3)20(28)11-12-29(26,6)30(21,7)16-24(25)38-19(4)32/h9,18,20-21,23-24,26,33-34,37H,8,10-16H2,1-7H3,(H,35,36)/t18?,20?,21-,23?,24?,26+,28+,29+,30+,31-/m1/s1. The van der Waals surface area contributed by atoms with E-state index in [2.05, 4.69) is 26.8 Å². The first kappa shape index (κ1) is 29.1. The van der Waals surface area contributed by atoms with Crippen LogP contribution >= 0.6 is 0 Å². The van der Waals surface area contributed by atoms with Gasteiger partial charge in [-0.15, -0.1) is 0 Å². The van der Waals surface area contributed by atoms with E-state index in [0.717, 1.165) is 18.4 Å². The molecule has 0 saturated heterocycles. The van der Waals surface area contributed by atoms with Crippen LogP contribution in [-0.2, 0) is 14.3 Å². The molecule has 38 heavy (non-hydrogen) atoms. The van der Waals surface area contributed by atoms with Crippen molar-refractivity contribution in [1.29, 1.82) is 0 Å². The number of aliphatic hydroxyl groups excluding tert-OH is 2. The molecule has 4 unspecified atom stereocenters. The molecule has 0 bridgehead atoms. The second kappa shape index (κ2) is 9.65. The maximum Gasteiger partial charge on any atom is 0.335 e. The summed E-state index contributed by atoms with van der Waals surface area (Å²) >= 11 is 0. The Balaban J connectivity index is 1.76. The largest absolute Gasteiger partial charge is 0.512 e. The number of rotatable bonds is 5. The second-order valence-electron chi connectivity index (χ2n) is 13.9. The number of carbonyl (C=O) groups is 2. The highest BCUT2D eigenvalue weighted by Gasteiger charge is 2.72. The van der Waals surface area contributed by atoms with Gasteiger partial charge in [0.2, 0.25) is 0 Å². The molecule has 0 aromatic heterocycles. The summed E-state index contributed by atoms with van der Waals surface area (Å²) in [6.45, 7) is 14.0. The van der Waals surface area contributed by atoms with Crippen molar-refractivity contribution in [1.82, 2.24) is 0 Å². The zero-order valence-corrected chi connectivity index (χ0v) is 24.2. The topological polar surface area (TPSA) is 124 Å². The van der Waals surface area contributed by atoms with E-state index >= 15 is 0 Å². The Morgan fingerprint density at radius 1 is 1.05 bits per heavy atom. The Hall–Kier alpha value is -1.86. The normalized spacial score (nSPS) is 47.3. The molecule has 214 valence electrons. The number of ether oxygens (including phenoxy) is 1. The molecule has 4 aliphatic carbocycles. The van der Waals surface area contributed by atoms with Crippen LogP contribution in [0.1, 0.15) is 99.8 Å². The van der Waals surface area contributed by atoms with Gasteiger partial charge in [0.25, 0.3) is 0 Å². The fourth-order valence-corrected chi connectivity index (χ4v) is 9.82. The summed E-state index contributed by atoms with van der Waals surface area (Å²) in [5, 5.41) is 44.1. The molecule has 4 saturated carbocycles. The Kier molecular flexibility index (Phi) is 7.40. The number of esters is 1. The fourth-order valence-electron chi connectivity index (χ4n) is 9.82. The van der Waals surface area contributed by atoms with E-state index in [1.165, 1.54) is 12.5 Å². The molecular formula is C31H48O7. The summed E-state index contributed by atoms with van der Waals surface area (Å²) in [7, 11) is 0. The smallest absolute Gasteiger partial charge is 0.335 e. The predicted octanol–water partition coefficient (Wildman–Crippen LogP) is 5.55. The summed E-state index contributed by atoms with van der Waals surface area (Å²) in [5.41, 5.74) is -0.775. The van der Waals surface area contributed by atoms with E-state index < -0.39 is 29.7 Å². The van der Waals surface area contributed by atoms with Crippen molar-refractivity contribution in [3.8, 4) is 0 Å². The number of carboxylic acids is 1. The van der Waals surface area contributed by atoms with Gasteiger partial charge >= 0.3 is 11.9 Å². The number of allylic oxidation sites excluding steroid dienone is 3. The van der Waals surface area contributed by atoms with E-state index in [0.29, 0.717) is 32.1 Å². The summed E-state index contributed by atoms with van der Waals surface area (Å²) in [6, 6.07) is 0. The third-order valence-corrected chi connectivity index (χ3v) is 11.8. The first-order valence-corrected chi connectivity index (χ1v) is 14.4. The summed E-state index contributed by atoms with van der Waals surface area (Å²) in [5.74, 6) is -1.92. The summed E-state index contributed by atoms with van der Waals surface area (Å²) in [6.07, 6.45) is 5.38.